The maximum atomic E-state index is 13.5. The van der Waals surface area contributed by atoms with Crippen molar-refractivity contribution in [1.29, 1.82) is 0 Å². The monoisotopic (exact) mass is 1130 g/mol. The second-order valence-corrected chi connectivity index (χ2v) is 29.9. The van der Waals surface area contributed by atoms with Crippen molar-refractivity contribution in [2.75, 3.05) is 26.4 Å². The lowest BCUT2D eigenvalue weighted by Crippen LogP contribution is -2.69. The van der Waals surface area contributed by atoms with E-state index in [2.05, 4.69) is 41.5 Å². The van der Waals surface area contributed by atoms with Crippen LogP contribution in [0.2, 0.25) is 10.1 Å². The summed E-state index contributed by atoms with van der Waals surface area (Å²) in [4.78, 5) is 79.2. The third-order valence-corrected chi connectivity index (χ3v) is 23.5. The summed E-state index contributed by atoms with van der Waals surface area (Å²) in [5, 5.41) is 2.48. The third kappa shape index (κ3) is 14.5. The molecule has 2 fully saturated rings. The first kappa shape index (κ1) is 61.7. The van der Waals surface area contributed by atoms with Crippen LogP contribution >= 0.6 is 0 Å². The van der Waals surface area contributed by atoms with Crippen molar-refractivity contribution < 1.29 is 85.0 Å². The molecule has 0 radical (unpaired) electrons. The zero-order valence-electron chi connectivity index (χ0n) is 47.0. The van der Waals surface area contributed by atoms with Gasteiger partial charge in [0.15, 0.2) is 30.5 Å². The lowest BCUT2D eigenvalue weighted by atomic mass is 9.97. The Kier molecular flexibility index (Phi) is 20.8. The first-order valence-corrected chi connectivity index (χ1v) is 30.0. The van der Waals surface area contributed by atoms with Crippen molar-refractivity contribution in [1.82, 2.24) is 0 Å². The Bertz CT molecular complexity index is 2630. The zero-order chi connectivity index (χ0) is 57.8. The summed E-state index contributed by atoms with van der Waals surface area (Å²) in [6.07, 6.45) is -10.8. The van der Waals surface area contributed by atoms with Crippen LogP contribution in [0.15, 0.2) is 134 Å². The van der Waals surface area contributed by atoms with Gasteiger partial charge >= 0.3 is 35.8 Å². The topological polar surface area (TPSA) is 213 Å². The molecular weight excluding hydrogens is 1050 g/mol. The molecular formula is C59H74O18Si2. The van der Waals surface area contributed by atoms with E-state index in [-0.39, 0.29) is 19.8 Å². The molecule has 6 rings (SSSR count). The van der Waals surface area contributed by atoms with Gasteiger partial charge < -0.3 is 56.2 Å². The van der Waals surface area contributed by atoms with Crippen LogP contribution in [0.25, 0.3) is 0 Å². The van der Waals surface area contributed by atoms with Crippen LogP contribution < -0.4 is 20.7 Å². The second kappa shape index (κ2) is 26.6. The van der Waals surface area contributed by atoms with E-state index in [4.69, 9.17) is 56.2 Å². The number of hydrogen-bond donors (Lipinski definition) is 0. The Labute approximate surface area is 464 Å². The quantitative estimate of drug-likeness (QED) is 0.0302. The number of carbonyl (C=O) groups is 6. The van der Waals surface area contributed by atoms with Crippen LogP contribution in [0.4, 0.5) is 0 Å². The van der Waals surface area contributed by atoms with Crippen molar-refractivity contribution in [3.63, 3.8) is 0 Å². The van der Waals surface area contributed by atoms with Crippen LogP contribution in [0.5, 0.6) is 0 Å². The van der Waals surface area contributed by atoms with Gasteiger partial charge in [-0.05, 0) is 37.7 Å². The number of hydrogen-bond acceptors (Lipinski definition) is 18. The highest BCUT2D eigenvalue weighted by Crippen LogP contribution is 2.44. The fourth-order valence-corrected chi connectivity index (χ4v) is 19.7. The molecule has 2 heterocycles. The van der Waals surface area contributed by atoms with Gasteiger partial charge in [-0.1, -0.05) is 163 Å². The lowest BCUT2D eigenvalue weighted by Gasteiger charge is -2.48. The summed E-state index contributed by atoms with van der Waals surface area (Å²) in [6.45, 7) is 18.4. The molecule has 0 aromatic heterocycles. The second-order valence-electron chi connectivity index (χ2n) is 21.3. The molecule has 2 aliphatic heterocycles. The highest BCUT2D eigenvalue weighted by atomic mass is 28.4. The summed E-state index contributed by atoms with van der Waals surface area (Å²) >= 11 is 0. The largest absolute Gasteiger partial charge is 0.495 e. The van der Waals surface area contributed by atoms with E-state index in [1.54, 1.807) is 6.92 Å². The Morgan fingerprint density at radius 3 is 1.29 bits per heavy atom. The minimum absolute atomic E-state index is 0.0558. The van der Waals surface area contributed by atoms with Gasteiger partial charge in [0, 0.05) is 34.6 Å². The molecule has 20 heteroatoms. The van der Waals surface area contributed by atoms with Gasteiger partial charge in [-0.15, -0.1) is 0 Å². The number of ether oxygens (including phenoxy) is 10. The van der Waals surface area contributed by atoms with Crippen molar-refractivity contribution in [3.05, 3.63) is 134 Å². The Morgan fingerprint density at radius 1 is 0.519 bits per heavy atom. The third-order valence-electron chi connectivity index (χ3n) is 13.5. The molecule has 2 saturated heterocycles. The maximum absolute atomic E-state index is 13.5. The lowest BCUT2D eigenvalue weighted by molar-refractivity contribution is -0.383. The van der Waals surface area contributed by atoms with Gasteiger partial charge in [0.2, 0.25) is 12.1 Å². The molecule has 0 spiro atoms. The molecule has 0 aliphatic carbocycles. The van der Waals surface area contributed by atoms with E-state index in [9.17, 15) is 28.8 Å². The Hall–Kier alpha value is -6.53. The molecule has 18 nitrogen and oxygen atoms in total. The summed E-state index contributed by atoms with van der Waals surface area (Å²) in [6, 6.07) is 38.9. The van der Waals surface area contributed by atoms with Crippen LogP contribution in [0.1, 0.15) is 83.1 Å². The first-order chi connectivity index (χ1) is 37.4. The van der Waals surface area contributed by atoms with Crippen molar-refractivity contribution in [3.8, 4) is 0 Å². The van der Waals surface area contributed by atoms with Crippen LogP contribution in [0.3, 0.4) is 0 Å². The number of carbonyl (C=O) groups excluding carboxylic acids is 6. The van der Waals surface area contributed by atoms with E-state index in [0.717, 1.165) is 60.8 Å². The molecule has 0 amide bonds. The minimum atomic E-state index is -3.42. The molecule has 9 atom stereocenters. The highest BCUT2D eigenvalue weighted by Gasteiger charge is 2.65. The van der Waals surface area contributed by atoms with Gasteiger partial charge in [0.25, 0.3) is 16.6 Å². The number of rotatable bonds is 22. The summed E-state index contributed by atoms with van der Waals surface area (Å²) in [5.74, 6) is -7.45. The number of benzene rings is 4. The predicted octanol–water partition coefficient (Wildman–Crippen LogP) is 5.73. The molecule has 4 aromatic carbocycles. The van der Waals surface area contributed by atoms with Gasteiger partial charge in [-0.2, -0.15) is 0 Å². The summed E-state index contributed by atoms with van der Waals surface area (Å²) < 4.78 is 76.7. The molecule has 426 valence electrons. The van der Waals surface area contributed by atoms with Gasteiger partial charge in [-0.3, -0.25) is 24.0 Å². The van der Waals surface area contributed by atoms with E-state index >= 15 is 0 Å². The number of esters is 6. The van der Waals surface area contributed by atoms with Crippen molar-refractivity contribution in [2.45, 2.75) is 148 Å². The molecule has 0 N–H and O–H groups in total. The van der Waals surface area contributed by atoms with E-state index in [1.807, 2.05) is 121 Å². The maximum Gasteiger partial charge on any atom is 0.333 e. The first-order valence-electron chi connectivity index (χ1n) is 26.2. The summed E-state index contributed by atoms with van der Waals surface area (Å²) in [7, 11) is -6.82. The Balaban J connectivity index is 1.56. The Morgan fingerprint density at radius 2 is 0.899 bits per heavy atom. The molecule has 79 heavy (non-hydrogen) atoms. The highest BCUT2D eigenvalue weighted by molar-refractivity contribution is 7.00. The molecule has 0 saturated carbocycles. The normalized spacial score (nSPS) is 23.5. The molecule has 4 aromatic rings. The van der Waals surface area contributed by atoms with Crippen LogP contribution in [-0.4, -0.2) is 134 Å². The minimum Gasteiger partial charge on any atom is -0.495 e. The van der Waals surface area contributed by atoms with Gasteiger partial charge in [-0.25, -0.2) is 4.79 Å². The van der Waals surface area contributed by atoms with Crippen molar-refractivity contribution in [2.24, 2.45) is 0 Å². The van der Waals surface area contributed by atoms with Crippen LogP contribution in [-0.2, 0) is 85.0 Å². The van der Waals surface area contributed by atoms with Gasteiger partial charge in [0.05, 0.1) is 32.2 Å². The average Bonchev–Trinajstić information content (AvgIpc) is 3.96. The standard InChI is InChI=1S/C59H74O18Si2/c1-13-67-50(65)34-35-66-38-59(55(74-43(6)64)52(71-40(3)61)49(76-59)37-69-79(58(10,11)12,46-30-22-16-23-31-46)47-32-24-17-25-33-47)77-56-54(73-42(5)63)53(72-41(4)62)51(70-39(2)60)48(75-56)36-68-78(57(7,8)9,44-26-18-14-19-27-44)45-28-20-15-21-29-45/h14-35,48-49,51-56H,13,36-38H2,1-12H3/b35-34-/t48-,49-,51-,52-,53+,54-,55+,56-,59+/m1/s1. The van der Waals surface area contributed by atoms with Gasteiger partial charge in [0.1, 0.15) is 18.8 Å². The summed E-state index contributed by atoms with van der Waals surface area (Å²) in [5.41, 5.74) is 0. The van der Waals surface area contributed by atoms with Crippen LogP contribution in [0, 0.1) is 0 Å². The van der Waals surface area contributed by atoms with E-state index in [0.29, 0.717) is 0 Å². The smallest absolute Gasteiger partial charge is 0.333 e. The predicted molar refractivity (Wildman–Crippen MR) is 294 cm³/mol. The fourth-order valence-electron chi connectivity index (χ4n) is 10.6. The van der Waals surface area contributed by atoms with E-state index < -0.39 is 124 Å². The SMILES string of the molecule is CCOC(=O)/C=C\OC[C@@]1(O[C@H]2O[C@H](CO[Si](c3ccccc3)(c3ccccc3)C(C)(C)C)[C@@H](OC(C)=O)[C@H](OC(C)=O)[C@H]2OC(C)=O)O[C@H](CO[Si](c2ccccc2)(c2ccccc2)C(C)(C)C)[C@@H](OC(C)=O)[C@@H]1OC(C)=O. The molecule has 2 aliphatic rings. The van der Waals surface area contributed by atoms with Crippen molar-refractivity contribution >= 4 is 73.2 Å². The molecule has 0 bridgehead atoms. The average molecular weight is 1130 g/mol. The fraction of sp³-hybridized carbons (Fsp3) is 0.458. The zero-order valence-corrected chi connectivity index (χ0v) is 49.0. The van der Waals surface area contributed by atoms with E-state index in [1.165, 1.54) is 6.92 Å². The molecule has 0 unspecified atom stereocenters.